The molecule has 1 aliphatic heterocycles. The first-order chi connectivity index (χ1) is 14.6. The normalized spacial score (nSPS) is 14.2. The molecule has 0 radical (unpaired) electrons. The van der Waals surface area contributed by atoms with Crippen LogP contribution in [0.5, 0.6) is 11.5 Å². The Bertz CT molecular complexity index is 1040. The number of pyridine rings is 1. The minimum Gasteiger partial charge on any atom is -0.490 e. The molecule has 0 unspecified atom stereocenters. The van der Waals surface area contributed by atoms with E-state index in [1.54, 1.807) is 18.2 Å². The number of piperazine rings is 1. The molecule has 8 heteroatoms. The molecule has 4 rings (SSSR count). The fraction of sp³-hybridized carbons (Fsp3) is 0.409. The number of carbonyl (C=O) groups excluding carboxylic acids is 1. The van der Waals surface area contributed by atoms with Gasteiger partial charge in [-0.25, -0.2) is 4.98 Å². The zero-order chi connectivity index (χ0) is 21.1. The number of aromatic nitrogens is 2. The van der Waals surface area contributed by atoms with E-state index < -0.39 is 0 Å². The van der Waals surface area contributed by atoms with E-state index in [1.807, 2.05) is 42.7 Å². The second-order valence-electron chi connectivity index (χ2n) is 7.08. The van der Waals surface area contributed by atoms with Gasteiger partial charge in [0.1, 0.15) is 0 Å². The number of amides is 1. The number of anilines is 1. The average Bonchev–Trinajstić information content (AvgIpc) is 3.18. The van der Waals surface area contributed by atoms with Crippen molar-refractivity contribution in [1.29, 1.82) is 0 Å². The standard InChI is InChI=1S/C22H26N4O4/c1-4-28-17-9-7-16(14-19(17)29-5-2)21(27)25-10-12-26(13-11-25)22-24-20-18(30-22)8-6-15(3)23-20/h6-9,14H,4-5,10-13H2,1-3H3. The summed E-state index contributed by atoms with van der Waals surface area (Å²) in [6.07, 6.45) is 0. The first-order valence-corrected chi connectivity index (χ1v) is 10.3. The number of benzene rings is 1. The van der Waals surface area contributed by atoms with Gasteiger partial charge in [-0.05, 0) is 51.1 Å². The van der Waals surface area contributed by atoms with Crippen molar-refractivity contribution < 1.29 is 18.7 Å². The van der Waals surface area contributed by atoms with Crippen LogP contribution < -0.4 is 14.4 Å². The lowest BCUT2D eigenvalue weighted by Gasteiger charge is -2.33. The number of oxazole rings is 1. The summed E-state index contributed by atoms with van der Waals surface area (Å²) < 4.78 is 17.1. The molecule has 158 valence electrons. The second-order valence-corrected chi connectivity index (χ2v) is 7.08. The van der Waals surface area contributed by atoms with Crippen LogP contribution >= 0.6 is 0 Å². The van der Waals surface area contributed by atoms with Gasteiger partial charge in [-0.2, -0.15) is 4.98 Å². The van der Waals surface area contributed by atoms with Crippen molar-refractivity contribution in [1.82, 2.24) is 14.9 Å². The summed E-state index contributed by atoms with van der Waals surface area (Å²) in [5.41, 5.74) is 2.78. The molecule has 0 bridgehead atoms. The van der Waals surface area contributed by atoms with Gasteiger partial charge in [-0.1, -0.05) is 0 Å². The van der Waals surface area contributed by atoms with Crippen LogP contribution in [0.15, 0.2) is 34.7 Å². The third-order valence-electron chi connectivity index (χ3n) is 5.01. The van der Waals surface area contributed by atoms with Crippen molar-refractivity contribution in [3.63, 3.8) is 0 Å². The predicted molar refractivity (Wildman–Crippen MR) is 113 cm³/mol. The SMILES string of the molecule is CCOc1ccc(C(=O)N2CCN(c3nc4nc(C)ccc4o3)CC2)cc1OCC. The van der Waals surface area contributed by atoms with Crippen LogP contribution in [0.25, 0.3) is 11.2 Å². The number of hydrogen-bond acceptors (Lipinski definition) is 7. The molecule has 1 saturated heterocycles. The van der Waals surface area contributed by atoms with E-state index in [1.165, 1.54) is 0 Å². The van der Waals surface area contributed by atoms with Crippen molar-refractivity contribution in [2.45, 2.75) is 20.8 Å². The van der Waals surface area contributed by atoms with Crippen molar-refractivity contribution in [3.8, 4) is 11.5 Å². The van der Waals surface area contributed by atoms with E-state index >= 15 is 0 Å². The number of carbonyl (C=O) groups is 1. The summed E-state index contributed by atoms with van der Waals surface area (Å²) in [6, 6.07) is 9.69. The van der Waals surface area contributed by atoms with Gasteiger partial charge in [-0.3, -0.25) is 4.79 Å². The Kier molecular flexibility index (Phi) is 5.74. The van der Waals surface area contributed by atoms with E-state index in [0.717, 1.165) is 5.69 Å². The summed E-state index contributed by atoms with van der Waals surface area (Å²) in [5, 5.41) is 0. The van der Waals surface area contributed by atoms with Gasteiger partial charge in [0, 0.05) is 37.4 Å². The molecule has 1 aromatic carbocycles. The molecule has 30 heavy (non-hydrogen) atoms. The lowest BCUT2D eigenvalue weighted by Crippen LogP contribution is -2.48. The number of rotatable bonds is 6. The molecule has 3 heterocycles. The summed E-state index contributed by atoms with van der Waals surface area (Å²) in [7, 11) is 0. The van der Waals surface area contributed by atoms with Crippen molar-refractivity contribution >= 4 is 23.2 Å². The van der Waals surface area contributed by atoms with Crippen molar-refractivity contribution in [3.05, 3.63) is 41.6 Å². The van der Waals surface area contributed by atoms with Gasteiger partial charge < -0.3 is 23.7 Å². The average molecular weight is 410 g/mol. The number of aryl methyl sites for hydroxylation is 1. The molecular formula is C22H26N4O4. The fourth-order valence-electron chi connectivity index (χ4n) is 3.50. The highest BCUT2D eigenvalue weighted by Gasteiger charge is 2.25. The third-order valence-corrected chi connectivity index (χ3v) is 5.01. The van der Waals surface area contributed by atoms with E-state index in [-0.39, 0.29) is 5.91 Å². The predicted octanol–water partition coefficient (Wildman–Crippen LogP) is 3.29. The van der Waals surface area contributed by atoms with Gasteiger partial charge in [0.15, 0.2) is 17.1 Å². The highest BCUT2D eigenvalue weighted by molar-refractivity contribution is 5.95. The number of hydrogen-bond donors (Lipinski definition) is 0. The minimum absolute atomic E-state index is 0.0199. The summed E-state index contributed by atoms with van der Waals surface area (Å²) in [6.45, 7) is 9.27. The van der Waals surface area contributed by atoms with Crippen LogP contribution in [0.3, 0.4) is 0 Å². The highest BCUT2D eigenvalue weighted by Crippen LogP contribution is 2.29. The fourth-order valence-corrected chi connectivity index (χ4v) is 3.50. The Morgan fingerprint density at radius 2 is 1.73 bits per heavy atom. The van der Waals surface area contributed by atoms with E-state index in [0.29, 0.717) is 73.7 Å². The number of ether oxygens (including phenoxy) is 2. The molecule has 3 aromatic rings. The minimum atomic E-state index is -0.0199. The van der Waals surface area contributed by atoms with Crippen LogP contribution in [-0.2, 0) is 0 Å². The Balaban J connectivity index is 1.44. The molecule has 1 amide bonds. The molecule has 1 fully saturated rings. The monoisotopic (exact) mass is 410 g/mol. The topological polar surface area (TPSA) is 80.9 Å². The summed E-state index contributed by atoms with van der Waals surface area (Å²) >= 11 is 0. The maximum Gasteiger partial charge on any atom is 0.300 e. The quantitative estimate of drug-likeness (QED) is 0.617. The first-order valence-electron chi connectivity index (χ1n) is 10.3. The van der Waals surface area contributed by atoms with Crippen LogP contribution in [0.1, 0.15) is 29.9 Å². The molecule has 1 aliphatic rings. The van der Waals surface area contributed by atoms with Crippen LogP contribution in [-0.4, -0.2) is 60.2 Å². The van der Waals surface area contributed by atoms with Crippen molar-refractivity contribution in [2.24, 2.45) is 0 Å². The maximum absolute atomic E-state index is 13.0. The number of fused-ring (bicyclic) bond motifs is 1. The Labute approximate surface area is 175 Å². The van der Waals surface area contributed by atoms with Gasteiger partial charge in [0.2, 0.25) is 5.65 Å². The maximum atomic E-state index is 13.0. The molecule has 0 aliphatic carbocycles. The smallest absolute Gasteiger partial charge is 0.300 e. The Morgan fingerprint density at radius 1 is 1.00 bits per heavy atom. The first kappa shape index (κ1) is 20.0. The largest absolute Gasteiger partial charge is 0.490 e. The van der Waals surface area contributed by atoms with Gasteiger partial charge >= 0.3 is 0 Å². The molecule has 0 saturated carbocycles. The summed E-state index contributed by atoms with van der Waals surface area (Å²) in [5.74, 6) is 1.23. The van der Waals surface area contributed by atoms with Gasteiger partial charge in [0.05, 0.1) is 13.2 Å². The Hall–Kier alpha value is -3.29. The number of nitrogens with zero attached hydrogens (tertiary/aromatic N) is 4. The zero-order valence-electron chi connectivity index (χ0n) is 17.6. The summed E-state index contributed by atoms with van der Waals surface area (Å²) in [4.78, 5) is 25.8. The van der Waals surface area contributed by atoms with Gasteiger partial charge in [-0.15, -0.1) is 0 Å². The molecule has 0 atom stereocenters. The van der Waals surface area contributed by atoms with Crippen LogP contribution in [0, 0.1) is 6.92 Å². The van der Waals surface area contributed by atoms with E-state index in [2.05, 4.69) is 9.97 Å². The second kappa shape index (κ2) is 8.61. The molecule has 0 N–H and O–H groups in total. The van der Waals surface area contributed by atoms with Crippen LogP contribution in [0.2, 0.25) is 0 Å². The zero-order valence-corrected chi connectivity index (χ0v) is 17.6. The lowest BCUT2D eigenvalue weighted by atomic mass is 10.1. The van der Waals surface area contributed by atoms with Gasteiger partial charge in [0.25, 0.3) is 11.9 Å². The Morgan fingerprint density at radius 3 is 2.47 bits per heavy atom. The molecular weight excluding hydrogens is 384 g/mol. The molecule has 0 spiro atoms. The molecule has 8 nitrogen and oxygen atoms in total. The van der Waals surface area contributed by atoms with E-state index in [4.69, 9.17) is 13.9 Å². The van der Waals surface area contributed by atoms with Crippen molar-refractivity contribution in [2.75, 3.05) is 44.3 Å². The van der Waals surface area contributed by atoms with E-state index in [9.17, 15) is 4.79 Å². The lowest BCUT2D eigenvalue weighted by molar-refractivity contribution is 0.0744. The van der Waals surface area contributed by atoms with Crippen LogP contribution in [0.4, 0.5) is 6.01 Å². The highest BCUT2D eigenvalue weighted by atomic mass is 16.5. The molecule has 2 aromatic heterocycles. The third kappa shape index (κ3) is 4.03.